The number of carbonyl (C=O) groups is 1. The average Bonchev–Trinajstić information content (AvgIpc) is 2.18. The van der Waals surface area contributed by atoms with Crippen molar-refractivity contribution < 1.29 is 18.3 Å². The second-order valence-electron chi connectivity index (χ2n) is 3.57. The molecule has 0 unspecified atom stereocenters. The van der Waals surface area contributed by atoms with Crippen LogP contribution in [0.3, 0.4) is 0 Å². The highest BCUT2D eigenvalue weighted by Gasteiger charge is 2.20. The number of hydrogen-bond donors (Lipinski definition) is 1. The molecule has 0 bridgehead atoms. The Kier molecular flexibility index (Phi) is 5.01. The fourth-order valence-corrected chi connectivity index (χ4v) is 3.11. The Morgan fingerprint density at radius 1 is 1.50 bits per heavy atom. The standard InChI is InChI=1S/C10H11BrClNO4S/c1-18(16,17)13(5-4-10(14)15)9-3-2-7(11)6-8(9)12/h2-3,6H,4-5H2,1H3,(H,14,15). The van der Waals surface area contributed by atoms with E-state index in [9.17, 15) is 13.2 Å². The lowest BCUT2D eigenvalue weighted by molar-refractivity contribution is -0.136. The summed E-state index contributed by atoms with van der Waals surface area (Å²) in [4.78, 5) is 10.5. The zero-order valence-electron chi connectivity index (χ0n) is 9.43. The number of benzene rings is 1. The van der Waals surface area contributed by atoms with E-state index in [2.05, 4.69) is 15.9 Å². The van der Waals surface area contributed by atoms with Gasteiger partial charge >= 0.3 is 5.97 Å². The molecule has 0 fully saturated rings. The molecule has 0 atom stereocenters. The first-order valence-electron chi connectivity index (χ1n) is 4.86. The van der Waals surface area contributed by atoms with E-state index in [-0.39, 0.29) is 23.7 Å². The van der Waals surface area contributed by atoms with E-state index >= 15 is 0 Å². The quantitative estimate of drug-likeness (QED) is 0.879. The Balaban J connectivity index is 3.14. The van der Waals surface area contributed by atoms with E-state index in [0.29, 0.717) is 4.47 Å². The molecule has 1 aromatic rings. The van der Waals surface area contributed by atoms with E-state index in [1.807, 2.05) is 0 Å². The summed E-state index contributed by atoms with van der Waals surface area (Å²) in [5.74, 6) is -1.07. The number of sulfonamides is 1. The van der Waals surface area contributed by atoms with E-state index in [4.69, 9.17) is 16.7 Å². The molecule has 18 heavy (non-hydrogen) atoms. The van der Waals surface area contributed by atoms with Gasteiger partial charge in [-0.1, -0.05) is 27.5 Å². The lowest BCUT2D eigenvalue weighted by Crippen LogP contribution is -2.32. The number of hydrogen-bond acceptors (Lipinski definition) is 3. The minimum absolute atomic E-state index is 0.157. The molecule has 0 amide bonds. The van der Waals surface area contributed by atoms with Crippen molar-refractivity contribution in [3.63, 3.8) is 0 Å². The molecule has 1 aromatic carbocycles. The van der Waals surface area contributed by atoms with Crippen LogP contribution in [0.25, 0.3) is 0 Å². The highest BCUT2D eigenvalue weighted by Crippen LogP contribution is 2.30. The molecule has 5 nitrogen and oxygen atoms in total. The SMILES string of the molecule is CS(=O)(=O)N(CCC(=O)O)c1ccc(Br)cc1Cl. The summed E-state index contributed by atoms with van der Waals surface area (Å²) in [6, 6.07) is 4.71. The average molecular weight is 357 g/mol. The van der Waals surface area contributed by atoms with Crippen LogP contribution in [0.1, 0.15) is 6.42 Å². The highest BCUT2D eigenvalue weighted by atomic mass is 79.9. The van der Waals surface area contributed by atoms with Crippen molar-refractivity contribution >= 4 is 49.2 Å². The molecule has 0 aliphatic rings. The molecular formula is C10H11BrClNO4S. The number of halogens is 2. The minimum Gasteiger partial charge on any atom is -0.481 e. The van der Waals surface area contributed by atoms with Crippen LogP contribution in [0.2, 0.25) is 5.02 Å². The lowest BCUT2D eigenvalue weighted by atomic mass is 10.3. The summed E-state index contributed by atoms with van der Waals surface area (Å²) in [6.45, 7) is -0.157. The summed E-state index contributed by atoms with van der Waals surface area (Å²) < 4.78 is 25.0. The van der Waals surface area contributed by atoms with Crippen molar-refractivity contribution in [2.75, 3.05) is 17.1 Å². The molecule has 1 rings (SSSR count). The summed E-state index contributed by atoms with van der Waals surface area (Å²) in [5.41, 5.74) is 0.267. The molecule has 0 aliphatic carbocycles. The van der Waals surface area contributed by atoms with Crippen LogP contribution in [0.5, 0.6) is 0 Å². The van der Waals surface area contributed by atoms with Gasteiger partial charge < -0.3 is 5.11 Å². The largest absolute Gasteiger partial charge is 0.481 e. The summed E-state index contributed by atoms with van der Waals surface area (Å²) in [5, 5.41) is 8.86. The third-order valence-electron chi connectivity index (χ3n) is 2.11. The lowest BCUT2D eigenvalue weighted by Gasteiger charge is -2.22. The fourth-order valence-electron chi connectivity index (χ4n) is 1.35. The molecule has 1 N–H and O–H groups in total. The molecule has 0 saturated carbocycles. The third kappa shape index (κ3) is 4.15. The molecule has 0 aromatic heterocycles. The molecule has 0 radical (unpaired) electrons. The van der Waals surface area contributed by atoms with Crippen molar-refractivity contribution in [3.8, 4) is 0 Å². The van der Waals surface area contributed by atoms with Crippen LogP contribution < -0.4 is 4.31 Å². The maximum absolute atomic E-state index is 11.6. The third-order valence-corrected chi connectivity index (χ3v) is 4.08. The zero-order valence-corrected chi connectivity index (χ0v) is 12.6. The topological polar surface area (TPSA) is 74.7 Å². The Bertz CT molecular complexity index is 561. The van der Waals surface area contributed by atoms with Gasteiger partial charge in [-0.15, -0.1) is 0 Å². The van der Waals surface area contributed by atoms with Gasteiger partial charge in [0, 0.05) is 11.0 Å². The number of nitrogens with zero attached hydrogens (tertiary/aromatic N) is 1. The maximum atomic E-state index is 11.6. The van der Waals surface area contributed by atoms with Crippen LogP contribution in [-0.2, 0) is 14.8 Å². The first-order chi connectivity index (χ1) is 8.21. The van der Waals surface area contributed by atoms with Crippen LogP contribution in [0.4, 0.5) is 5.69 Å². The van der Waals surface area contributed by atoms with E-state index in [1.165, 1.54) is 6.07 Å². The number of anilines is 1. The van der Waals surface area contributed by atoms with Gasteiger partial charge in [-0.3, -0.25) is 9.10 Å². The molecule has 100 valence electrons. The van der Waals surface area contributed by atoms with Crippen LogP contribution in [0.15, 0.2) is 22.7 Å². The van der Waals surface area contributed by atoms with Crippen molar-refractivity contribution in [2.24, 2.45) is 0 Å². The Hall–Kier alpha value is -0.790. The monoisotopic (exact) mass is 355 g/mol. The summed E-state index contributed by atoms with van der Waals surface area (Å²) >= 11 is 9.17. The van der Waals surface area contributed by atoms with Crippen molar-refractivity contribution in [1.82, 2.24) is 0 Å². The predicted molar refractivity (Wildman–Crippen MR) is 73.6 cm³/mol. The highest BCUT2D eigenvalue weighted by molar-refractivity contribution is 9.10. The minimum atomic E-state index is -3.58. The first kappa shape index (κ1) is 15.3. The summed E-state index contributed by atoms with van der Waals surface area (Å²) in [7, 11) is -3.58. The van der Waals surface area contributed by atoms with Crippen molar-refractivity contribution in [1.29, 1.82) is 0 Å². The van der Waals surface area contributed by atoms with Crippen LogP contribution in [-0.4, -0.2) is 32.3 Å². The molecule has 0 heterocycles. The number of aliphatic carboxylic acids is 1. The maximum Gasteiger partial charge on any atom is 0.305 e. The smallest absolute Gasteiger partial charge is 0.305 e. The molecule has 0 aliphatic heterocycles. The zero-order chi connectivity index (χ0) is 13.9. The van der Waals surface area contributed by atoms with Gasteiger partial charge in [0.2, 0.25) is 10.0 Å². The Morgan fingerprint density at radius 2 is 2.11 bits per heavy atom. The van der Waals surface area contributed by atoms with Gasteiger partial charge in [0.15, 0.2) is 0 Å². The van der Waals surface area contributed by atoms with Gasteiger partial charge in [0.25, 0.3) is 0 Å². The van der Waals surface area contributed by atoms with Gasteiger partial charge in [0.05, 0.1) is 23.4 Å². The molecule has 8 heteroatoms. The molecule has 0 saturated heterocycles. The van der Waals surface area contributed by atoms with Crippen molar-refractivity contribution in [2.45, 2.75) is 6.42 Å². The van der Waals surface area contributed by atoms with Crippen LogP contribution >= 0.6 is 27.5 Å². The van der Waals surface area contributed by atoms with E-state index in [1.54, 1.807) is 12.1 Å². The molecule has 0 spiro atoms. The van der Waals surface area contributed by atoms with Gasteiger partial charge in [-0.05, 0) is 18.2 Å². The number of carboxylic acid groups (broad SMARTS) is 1. The van der Waals surface area contributed by atoms with Crippen LogP contribution in [0, 0.1) is 0 Å². The second-order valence-corrected chi connectivity index (χ2v) is 6.80. The second kappa shape index (κ2) is 5.90. The van der Waals surface area contributed by atoms with Crippen molar-refractivity contribution in [3.05, 3.63) is 27.7 Å². The van der Waals surface area contributed by atoms with Gasteiger partial charge in [-0.25, -0.2) is 8.42 Å². The Labute approximate surface area is 119 Å². The summed E-state index contributed by atoms with van der Waals surface area (Å²) in [6.07, 6.45) is 0.715. The predicted octanol–water partition coefficient (Wildman–Crippen LogP) is 2.34. The van der Waals surface area contributed by atoms with Gasteiger partial charge in [0.1, 0.15) is 0 Å². The Morgan fingerprint density at radius 3 is 2.56 bits per heavy atom. The fraction of sp³-hybridized carbons (Fsp3) is 0.300. The first-order valence-corrected chi connectivity index (χ1v) is 7.88. The normalized spacial score (nSPS) is 11.3. The molecular weight excluding hydrogens is 346 g/mol. The van der Waals surface area contributed by atoms with E-state index in [0.717, 1.165) is 10.6 Å². The number of rotatable bonds is 5. The van der Waals surface area contributed by atoms with Gasteiger partial charge in [-0.2, -0.15) is 0 Å². The number of carboxylic acids is 1. The van der Waals surface area contributed by atoms with E-state index < -0.39 is 16.0 Å².